The lowest BCUT2D eigenvalue weighted by Gasteiger charge is -2.07. The second kappa shape index (κ2) is 6.38. The molecule has 0 aliphatic rings. The number of unbranched alkanes of at least 4 members (excludes halogenated alkanes) is 1. The van der Waals surface area contributed by atoms with E-state index >= 15 is 0 Å². The van der Waals surface area contributed by atoms with Crippen molar-refractivity contribution in [3.63, 3.8) is 0 Å². The standard InChI is InChI=1S/C12H21N3/c1-4-7-8-11-14-10(5-2)9-12(15-11)13-6-3/h9H,4-8H2,1-3H3,(H,13,14,15). The number of aryl methyl sites for hydroxylation is 2. The maximum atomic E-state index is 4.52. The van der Waals surface area contributed by atoms with Gasteiger partial charge in [0.15, 0.2) is 0 Å². The van der Waals surface area contributed by atoms with Crippen molar-refractivity contribution in [1.29, 1.82) is 0 Å². The molecule has 3 heteroatoms. The first-order chi connectivity index (χ1) is 7.30. The van der Waals surface area contributed by atoms with Crippen molar-refractivity contribution in [2.45, 2.75) is 46.5 Å². The molecule has 15 heavy (non-hydrogen) atoms. The van der Waals surface area contributed by atoms with E-state index in [4.69, 9.17) is 0 Å². The average molecular weight is 207 g/mol. The highest BCUT2D eigenvalue weighted by Crippen LogP contribution is 2.09. The number of nitrogens with zero attached hydrogens (tertiary/aromatic N) is 2. The fourth-order valence-electron chi connectivity index (χ4n) is 1.45. The van der Waals surface area contributed by atoms with Crippen LogP contribution in [0, 0.1) is 0 Å². The Balaban J connectivity index is 2.79. The van der Waals surface area contributed by atoms with E-state index in [0.29, 0.717) is 0 Å². The van der Waals surface area contributed by atoms with Crippen molar-refractivity contribution in [3.8, 4) is 0 Å². The predicted octanol–water partition coefficient (Wildman–Crippen LogP) is 2.81. The fraction of sp³-hybridized carbons (Fsp3) is 0.667. The highest BCUT2D eigenvalue weighted by atomic mass is 15.0. The molecular weight excluding hydrogens is 186 g/mol. The summed E-state index contributed by atoms with van der Waals surface area (Å²) in [4.78, 5) is 9.01. The van der Waals surface area contributed by atoms with Gasteiger partial charge in [-0.05, 0) is 19.8 Å². The molecule has 0 saturated heterocycles. The Hall–Kier alpha value is -1.12. The van der Waals surface area contributed by atoms with Crippen LogP contribution in [0.4, 0.5) is 5.82 Å². The second-order valence-corrected chi connectivity index (χ2v) is 3.65. The van der Waals surface area contributed by atoms with E-state index in [-0.39, 0.29) is 0 Å². The molecule has 1 heterocycles. The molecule has 0 aliphatic heterocycles. The van der Waals surface area contributed by atoms with Gasteiger partial charge in [0.2, 0.25) is 0 Å². The van der Waals surface area contributed by atoms with E-state index in [0.717, 1.165) is 36.7 Å². The van der Waals surface area contributed by atoms with E-state index < -0.39 is 0 Å². The van der Waals surface area contributed by atoms with Crippen LogP contribution in [0.5, 0.6) is 0 Å². The van der Waals surface area contributed by atoms with Crippen LogP contribution in [0.1, 0.15) is 45.1 Å². The van der Waals surface area contributed by atoms with Crippen molar-refractivity contribution in [1.82, 2.24) is 9.97 Å². The molecule has 84 valence electrons. The van der Waals surface area contributed by atoms with Crippen LogP contribution in [0.2, 0.25) is 0 Å². The molecule has 0 amide bonds. The van der Waals surface area contributed by atoms with Gasteiger partial charge in [0.1, 0.15) is 11.6 Å². The molecule has 1 rings (SSSR count). The summed E-state index contributed by atoms with van der Waals surface area (Å²) in [7, 11) is 0. The first-order valence-corrected chi connectivity index (χ1v) is 5.90. The summed E-state index contributed by atoms with van der Waals surface area (Å²) in [5.74, 6) is 1.95. The van der Waals surface area contributed by atoms with E-state index in [1.807, 2.05) is 6.07 Å². The molecule has 0 atom stereocenters. The maximum absolute atomic E-state index is 4.52. The number of hydrogen-bond donors (Lipinski definition) is 1. The Labute approximate surface area is 92.3 Å². The van der Waals surface area contributed by atoms with Gasteiger partial charge in [-0.15, -0.1) is 0 Å². The molecule has 1 aromatic rings. The predicted molar refractivity (Wildman–Crippen MR) is 64.2 cm³/mol. The van der Waals surface area contributed by atoms with Crippen molar-refractivity contribution >= 4 is 5.82 Å². The Kier molecular flexibility index (Phi) is 5.08. The summed E-state index contributed by atoms with van der Waals surface area (Å²) >= 11 is 0. The van der Waals surface area contributed by atoms with E-state index in [2.05, 4.69) is 36.1 Å². The van der Waals surface area contributed by atoms with Crippen molar-refractivity contribution in [3.05, 3.63) is 17.6 Å². The molecule has 0 radical (unpaired) electrons. The van der Waals surface area contributed by atoms with Crippen molar-refractivity contribution < 1.29 is 0 Å². The van der Waals surface area contributed by atoms with Crippen LogP contribution >= 0.6 is 0 Å². The first kappa shape index (κ1) is 12.0. The normalized spacial score (nSPS) is 10.3. The van der Waals surface area contributed by atoms with E-state index in [1.165, 1.54) is 12.8 Å². The zero-order valence-electron chi connectivity index (χ0n) is 10.0. The monoisotopic (exact) mass is 207 g/mol. The van der Waals surface area contributed by atoms with Gasteiger partial charge in [0.25, 0.3) is 0 Å². The van der Waals surface area contributed by atoms with Gasteiger partial charge in [-0.1, -0.05) is 20.3 Å². The number of aromatic nitrogens is 2. The minimum absolute atomic E-state index is 0.910. The third-order valence-electron chi connectivity index (χ3n) is 2.30. The van der Waals surface area contributed by atoms with Crippen LogP contribution in [0.25, 0.3) is 0 Å². The number of nitrogens with one attached hydrogen (secondary N) is 1. The lowest BCUT2D eigenvalue weighted by atomic mass is 10.2. The SMILES string of the molecule is CCCCc1nc(CC)cc(NCC)n1. The van der Waals surface area contributed by atoms with Gasteiger partial charge < -0.3 is 5.32 Å². The van der Waals surface area contributed by atoms with Crippen molar-refractivity contribution in [2.24, 2.45) is 0 Å². The molecular formula is C12H21N3. The minimum Gasteiger partial charge on any atom is -0.370 e. The highest BCUT2D eigenvalue weighted by Gasteiger charge is 2.02. The van der Waals surface area contributed by atoms with Gasteiger partial charge >= 0.3 is 0 Å². The quantitative estimate of drug-likeness (QED) is 0.779. The fourth-order valence-corrected chi connectivity index (χ4v) is 1.45. The van der Waals surface area contributed by atoms with E-state index in [1.54, 1.807) is 0 Å². The van der Waals surface area contributed by atoms with Gasteiger partial charge in [-0.2, -0.15) is 0 Å². The van der Waals surface area contributed by atoms with Crippen LogP contribution in [0.15, 0.2) is 6.07 Å². The number of rotatable bonds is 6. The molecule has 0 saturated carbocycles. The van der Waals surface area contributed by atoms with Gasteiger partial charge in [0.05, 0.1) is 0 Å². The third kappa shape index (κ3) is 3.86. The zero-order chi connectivity index (χ0) is 11.1. The molecule has 0 spiro atoms. The smallest absolute Gasteiger partial charge is 0.130 e. The molecule has 0 unspecified atom stereocenters. The van der Waals surface area contributed by atoms with Crippen LogP contribution in [-0.4, -0.2) is 16.5 Å². The summed E-state index contributed by atoms with van der Waals surface area (Å²) < 4.78 is 0. The molecule has 3 nitrogen and oxygen atoms in total. The second-order valence-electron chi connectivity index (χ2n) is 3.65. The molecule has 0 bridgehead atoms. The van der Waals surface area contributed by atoms with Crippen molar-refractivity contribution in [2.75, 3.05) is 11.9 Å². The maximum Gasteiger partial charge on any atom is 0.130 e. The zero-order valence-corrected chi connectivity index (χ0v) is 10.0. The third-order valence-corrected chi connectivity index (χ3v) is 2.30. The van der Waals surface area contributed by atoms with Gasteiger partial charge in [-0.3, -0.25) is 0 Å². The Morgan fingerprint density at radius 2 is 2.00 bits per heavy atom. The summed E-state index contributed by atoms with van der Waals surface area (Å²) in [6, 6.07) is 2.04. The Bertz CT molecular complexity index is 297. The molecule has 0 aliphatic carbocycles. The summed E-state index contributed by atoms with van der Waals surface area (Å²) in [6.07, 6.45) is 4.32. The summed E-state index contributed by atoms with van der Waals surface area (Å²) in [5, 5.41) is 3.25. The average Bonchev–Trinajstić information content (AvgIpc) is 2.26. The summed E-state index contributed by atoms with van der Waals surface area (Å²) in [5.41, 5.74) is 1.13. The van der Waals surface area contributed by atoms with Crippen LogP contribution < -0.4 is 5.32 Å². The lowest BCUT2D eigenvalue weighted by molar-refractivity contribution is 0.744. The Morgan fingerprint density at radius 1 is 1.20 bits per heavy atom. The van der Waals surface area contributed by atoms with E-state index in [9.17, 15) is 0 Å². The van der Waals surface area contributed by atoms with Gasteiger partial charge in [-0.25, -0.2) is 9.97 Å². The first-order valence-electron chi connectivity index (χ1n) is 5.90. The minimum atomic E-state index is 0.910. The Morgan fingerprint density at radius 3 is 2.60 bits per heavy atom. The molecule has 0 fully saturated rings. The van der Waals surface area contributed by atoms with Crippen LogP contribution in [0.3, 0.4) is 0 Å². The molecule has 1 aromatic heterocycles. The topological polar surface area (TPSA) is 37.8 Å². The largest absolute Gasteiger partial charge is 0.370 e. The summed E-state index contributed by atoms with van der Waals surface area (Å²) in [6.45, 7) is 7.31. The highest BCUT2D eigenvalue weighted by molar-refractivity contribution is 5.35. The van der Waals surface area contributed by atoms with Crippen LogP contribution in [-0.2, 0) is 12.8 Å². The number of anilines is 1. The molecule has 0 aromatic carbocycles. The molecule has 1 N–H and O–H groups in total. The number of hydrogen-bond acceptors (Lipinski definition) is 3. The van der Waals surface area contributed by atoms with Gasteiger partial charge in [0, 0.05) is 24.7 Å². The lowest BCUT2D eigenvalue weighted by Crippen LogP contribution is -2.05.